The van der Waals surface area contributed by atoms with Crippen LogP contribution in [-0.2, 0) is 16.1 Å². The quantitative estimate of drug-likeness (QED) is 0.403. The number of aryl methyl sites for hydroxylation is 2. The van der Waals surface area contributed by atoms with E-state index in [0.717, 1.165) is 36.7 Å². The number of ether oxygens (including phenoxy) is 1. The van der Waals surface area contributed by atoms with Crippen LogP contribution >= 0.6 is 0 Å². The molecule has 0 aromatic heterocycles. The lowest BCUT2D eigenvalue weighted by molar-refractivity contribution is -0.120. The summed E-state index contributed by atoms with van der Waals surface area (Å²) in [5.41, 5.74) is 17.3. The molecule has 2 rings (SSSR count). The minimum absolute atomic E-state index is 0.197. The fourth-order valence-corrected chi connectivity index (χ4v) is 4.34. The Morgan fingerprint density at radius 2 is 1.88 bits per heavy atom. The third kappa shape index (κ3) is 8.13. The van der Waals surface area contributed by atoms with Gasteiger partial charge < -0.3 is 21.1 Å². The summed E-state index contributed by atoms with van der Waals surface area (Å²) in [7, 11) is 0. The van der Waals surface area contributed by atoms with Gasteiger partial charge in [-0.15, -0.1) is 0 Å². The fourth-order valence-electron chi connectivity index (χ4n) is 4.34. The van der Waals surface area contributed by atoms with E-state index in [1.165, 1.54) is 16.7 Å². The van der Waals surface area contributed by atoms with E-state index in [9.17, 15) is 4.79 Å². The molecular formula is C27H45N5O2. The van der Waals surface area contributed by atoms with Gasteiger partial charge in [-0.05, 0) is 43.7 Å². The number of hydrogen-bond acceptors (Lipinski definition) is 5. The average Bonchev–Trinajstić information content (AvgIpc) is 2.74. The molecule has 34 heavy (non-hydrogen) atoms. The number of primary amides is 1. The van der Waals surface area contributed by atoms with E-state index in [4.69, 9.17) is 21.2 Å². The molecule has 7 nitrogen and oxygen atoms in total. The number of rotatable bonds is 10. The van der Waals surface area contributed by atoms with Crippen molar-refractivity contribution in [3.8, 4) is 0 Å². The number of allylic oxidation sites excluding steroid dienone is 1. The maximum Gasteiger partial charge on any atom is 0.231 e. The molecule has 1 aromatic rings. The predicted octanol–water partition coefficient (Wildman–Crippen LogP) is 3.23. The predicted molar refractivity (Wildman–Crippen MR) is 141 cm³/mol. The van der Waals surface area contributed by atoms with Gasteiger partial charge in [0.05, 0.1) is 19.7 Å². The van der Waals surface area contributed by atoms with Gasteiger partial charge in [0, 0.05) is 43.6 Å². The zero-order valence-corrected chi connectivity index (χ0v) is 22.2. The zero-order chi connectivity index (χ0) is 25.4. The zero-order valence-electron chi connectivity index (χ0n) is 22.2. The number of amidine groups is 1. The van der Waals surface area contributed by atoms with Crippen molar-refractivity contribution in [1.29, 1.82) is 0 Å². The Hall–Kier alpha value is -2.38. The smallest absolute Gasteiger partial charge is 0.231 e. The summed E-state index contributed by atoms with van der Waals surface area (Å²) in [6.45, 7) is 19.0. The molecule has 7 heteroatoms. The Kier molecular flexibility index (Phi) is 10.6. The van der Waals surface area contributed by atoms with Gasteiger partial charge in [-0.2, -0.15) is 0 Å². The number of nitrogens with two attached hydrogens (primary N) is 2. The van der Waals surface area contributed by atoms with Gasteiger partial charge >= 0.3 is 0 Å². The number of aliphatic imine (C=N–C) groups is 1. The second-order valence-electron chi connectivity index (χ2n) is 10.3. The van der Waals surface area contributed by atoms with E-state index in [2.05, 4.69) is 69.5 Å². The number of nitrogens with zero attached hydrogens (tertiary/aromatic N) is 3. The van der Waals surface area contributed by atoms with Crippen molar-refractivity contribution < 1.29 is 9.53 Å². The molecule has 0 spiro atoms. The summed E-state index contributed by atoms with van der Waals surface area (Å²) >= 11 is 0. The van der Waals surface area contributed by atoms with Crippen molar-refractivity contribution >= 4 is 11.7 Å². The number of piperazine rings is 1. The van der Waals surface area contributed by atoms with E-state index in [1.54, 1.807) is 0 Å². The molecule has 1 amide bonds. The van der Waals surface area contributed by atoms with Crippen LogP contribution in [0.25, 0.3) is 0 Å². The topological polar surface area (TPSA) is 97.2 Å². The summed E-state index contributed by atoms with van der Waals surface area (Å²) in [5.74, 6) is 1.42. The lowest BCUT2D eigenvalue weighted by Crippen LogP contribution is -2.58. The first-order chi connectivity index (χ1) is 16.0. The van der Waals surface area contributed by atoms with Crippen molar-refractivity contribution in [3.63, 3.8) is 0 Å². The number of carbonyl (C=O) groups is 1. The average molecular weight is 472 g/mol. The Morgan fingerprint density at radius 3 is 2.47 bits per heavy atom. The number of benzene rings is 1. The number of hydrogen-bond donors (Lipinski definition) is 2. The lowest BCUT2D eigenvalue weighted by Gasteiger charge is -2.44. The van der Waals surface area contributed by atoms with Gasteiger partial charge in [0.2, 0.25) is 5.91 Å². The molecule has 1 fully saturated rings. The summed E-state index contributed by atoms with van der Waals surface area (Å²) in [6, 6.07) is 6.67. The molecule has 1 saturated heterocycles. The highest BCUT2D eigenvalue weighted by atomic mass is 16.5. The molecule has 0 bridgehead atoms. The van der Waals surface area contributed by atoms with Crippen molar-refractivity contribution in [1.82, 2.24) is 9.80 Å². The van der Waals surface area contributed by atoms with Gasteiger partial charge in [0.15, 0.2) is 0 Å². The third-order valence-corrected chi connectivity index (χ3v) is 6.31. The maximum atomic E-state index is 11.6. The van der Waals surface area contributed by atoms with Gasteiger partial charge in [0.25, 0.3) is 0 Å². The molecule has 1 aliphatic rings. The second-order valence-corrected chi connectivity index (χ2v) is 10.3. The molecule has 0 aliphatic carbocycles. The van der Waals surface area contributed by atoms with Crippen LogP contribution in [0.4, 0.5) is 0 Å². The van der Waals surface area contributed by atoms with Crippen molar-refractivity contribution in [2.24, 2.45) is 28.3 Å². The van der Waals surface area contributed by atoms with Gasteiger partial charge in [0.1, 0.15) is 5.84 Å². The van der Waals surface area contributed by atoms with Crippen molar-refractivity contribution in [2.45, 2.75) is 61.1 Å². The molecular weight excluding hydrogens is 426 g/mol. The minimum Gasteiger partial charge on any atom is -0.402 e. The van der Waals surface area contributed by atoms with Crippen LogP contribution in [0.1, 0.15) is 51.3 Å². The first-order valence-electron chi connectivity index (χ1n) is 12.4. The van der Waals surface area contributed by atoms with Crippen LogP contribution in [0.3, 0.4) is 0 Å². The Balaban J connectivity index is 2.40. The summed E-state index contributed by atoms with van der Waals surface area (Å²) < 4.78 is 6.02. The maximum absolute atomic E-state index is 11.6. The third-order valence-electron chi connectivity index (χ3n) is 6.31. The minimum atomic E-state index is -0.289. The van der Waals surface area contributed by atoms with Gasteiger partial charge in [-0.3, -0.25) is 14.7 Å². The standard InChI is InChI=1S/C27H45N5O2/c1-18(2)16-34-17-24(22(7)28)27(30-13-23-12-20(5)8-9-21(23)6)32-11-10-31(15-26(29)33)25(14-32)19(3)4/h8-9,12,18-19,25H,10-11,13-17,28H2,1-7H3,(H2,29,33)/b24-22-,30-27?. The van der Waals surface area contributed by atoms with Crippen LogP contribution in [0.5, 0.6) is 0 Å². The van der Waals surface area contributed by atoms with Gasteiger partial charge in [-0.1, -0.05) is 51.5 Å². The van der Waals surface area contributed by atoms with Crippen molar-refractivity contribution in [2.75, 3.05) is 39.4 Å². The number of carbonyl (C=O) groups excluding carboxylic acids is 1. The molecule has 1 unspecified atom stereocenters. The molecule has 1 heterocycles. The first kappa shape index (κ1) is 27.9. The van der Waals surface area contributed by atoms with E-state index in [-0.39, 0.29) is 18.5 Å². The molecule has 1 aliphatic heterocycles. The SMILES string of the molecule is C/C(N)=C(\COCC(C)C)C(=NCc1cc(C)ccc1C)N1CCN(CC(N)=O)C(C(C)C)C1. The van der Waals surface area contributed by atoms with Crippen LogP contribution in [0.2, 0.25) is 0 Å². The normalized spacial score (nSPS) is 18.6. The van der Waals surface area contributed by atoms with Crippen molar-refractivity contribution in [3.05, 3.63) is 46.2 Å². The van der Waals surface area contributed by atoms with E-state index in [1.807, 2.05) is 6.92 Å². The largest absolute Gasteiger partial charge is 0.402 e. The van der Waals surface area contributed by atoms with Crippen LogP contribution in [-0.4, -0.2) is 67.0 Å². The highest BCUT2D eigenvalue weighted by Gasteiger charge is 2.32. The Morgan fingerprint density at radius 1 is 1.18 bits per heavy atom. The summed E-state index contributed by atoms with van der Waals surface area (Å²) in [4.78, 5) is 21.3. The second kappa shape index (κ2) is 12.9. The lowest BCUT2D eigenvalue weighted by atomic mass is 9.98. The highest BCUT2D eigenvalue weighted by molar-refractivity contribution is 5.99. The van der Waals surface area contributed by atoms with Crippen LogP contribution in [0, 0.1) is 25.7 Å². The monoisotopic (exact) mass is 471 g/mol. The molecule has 1 atom stereocenters. The number of amides is 1. The molecule has 0 saturated carbocycles. The molecule has 0 radical (unpaired) electrons. The Labute approximate surface area is 206 Å². The summed E-state index contributed by atoms with van der Waals surface area (Å²) in [6.07, 6.45) is 0. The Bertz CT molecular complexity index is 887. The molecule has 190 valence electrons. The first-order valence-corrected chi connectivity index (χ1v) is 12.4. The van der Waals surface area contributed by atoms with E-state index >= 15 is 0 Å². The fraction of sp³-hybridized carbons (Fsp3) is 0.630. The van der Waals surface area contributed by atoms with E-state index < -0.39 is 0 Å². The molecule has 4 N–H and O–H groups in total. The van der Waals surface area contributed by atoms with Gasteiger partial charge in [-0.25, -0.2) is 0 Å². The van der Waals surface area contributed by atoms with Crippen LogP contribution < -0.4 is 11.5 Å². The van der Waals surface area contributed by atoms with E-state index in [0.29, 0.717) is 31.6 Å². The summed E-state index contributed by atoms with van der Waals surface area (Å²) in [5, 5.41) is 0. The molecule has 1 aromatic carbocycles. The van der Waals surface area contributed by atoms with Crippen LogP contribution in [0.15, 0.2) is 34.5 Å². The highest BCUT2D eigenvalue weighted by Crippen LogP contribution is 2.21.